The van der Waals surface area contributed by atoms with Gasteiger partial charge in [-0.15, -0.1) is 0 Å². The summed E-state index contributed by atoms with van der Waals surface area (Å²) in [6.07, 6.45) is 3.83. The second-order valence-electron chi connectivity index (χ2n) is 5.63. The van der Waals surface area contributed by atoms with E-state index in [4.69, 9.17) is 45.3 Å². The van der Waals surface area contributed by atoms with Crippen LogP contribution in [-0.2, 0) is 0 Å². The Morgan fingerprint density at radius 2 is 1.91 bits per heavy atom. The molecule has 1 saturated carbocycles. The van der Waals surface area contributed by atoms with Crippen LogP contribution in [0, 0.1) is 5.41 Å². The van der Waals surface area contributed by atoms with Crippen LogP contribution in [-0.4, -0.2) is 18.1 Å². The van der Waals surface area contributed by atoms with Gasteiger partial charge in [-0.3, -0.25) is 0 Å². The Labute approximate surface area is 144 Å². The second-order valence-corrected chi connectivity index (χ2v) is 6.83. The third-order valence-corrected chi connectivity index (χ3v) is 4.83. The SMILES string of the molecule is NCC1(COc2cnc(Cl)c(-c3cc(Cl)ccc3Cl)c2)CC1. The van der Waals surface area contributed by atoms with Crippen LogP contribution in [0.15, 0.2) is 30.5 Å². The summed E-state index contributed by atoms with van der Waals surface area (Å²) in [6, 6.07) is 7.06. The quantitative estimate of drug-likeness (QED) is 0.780. The Bertz CT molecular complexity index is 702. The van der Waals surface area contributed by atoms with Crippen molar-refractivity contribution in [2.45, 2.75) is 12.8 Å². The van der Waals surface area contributed by atoms with Crippen molar-refractivity contribution in [3.05, 3.63) is 45.7 Å². The molecule has 0 saturated heterocycles. The number of rotatable bonds is 5. The minimum absolute atomic E-state index is 0.132. The van der Waals surface area contributed by atoms with Crippen molar-refractivity contribution in [3.8, 4) is 16.9 Å². The first-order chi connectivity index (χ1) is 10.5. The standard InChI is InChI=1S/C16H15Cl3N2O/c17-10-1-2-14(18)12(5-10)13-6-11(7-21-15(13)19)22-9-16(8-20)3-4-16/h1-2,5-7H,3-4,8-9,20H2. The molecule has 3 rings (SSSR count). The molecule has 2 aromatic rings. The fraction of sp³-hybridized carbons (Fsp3) is 0.312. The average Bonchev–Trinajstić information content (AvgIpc) is 3.30. The number of aromatic nitrogens is 1. The van der Waals surface area contributed by atoms with E-state index >= 15 is 0 Å². The van der Waals surface area contributed by atoms with Gasteiger partial charge in [0, 0.05) is 33.1 Å². The molecule has 22 heavy (non-hydrogen) atoms. The van der Waals surface area contributed by atoms with Gasteiger partial charge in [-0.25, -0.2) is 4.98 Å². The van der Waals surface area contributed by atoms with Crippen LogP contribution in [0.2, 0.25) is 15.2 Å². The normalized spacial score (nSPS) is 15.6. The monoisotopic (exact) mass is 356 g/mol. The first kappa shape index (κ1) is 15.9. The van der Waals surface area contributed by atoms with Crippen LogP contribution >= 0.6 is 34.8 Å². The van der Waals surface area contributed by atoms with E-state index in [9.17, 15) is 0 Å². The second kappa shape index (κ2) is 6.25. The van der Waals surface area contributed by atoms with Gasteiger partial charge < -0.3 is 10.5 Å². The summed E-state index contributed by atoms with van der Waals surface area (Å²) in [5.74, 6) is 0.648. The fourth-order valence-electron chi connectivity index (χ4n) is 2.22. The summed E-state index contributed by atoms with van der Waals surface area (Å²) in [5.41, 5.74) is 7.33. The van der Waals surface area contributed by atoms with Crippen molar-refractivity contribution in [2.24, 2.45) is 11.1 Å². The molecule has 0 unspecified atom stereocenters. The highest BCUT2D eigenvalue weighted by molar-refractivity contribution is 6.37. The molecule has 0 atom stereocenters. The number of benzene rings is 1. The highest BCUT2D eigenvalue weighted by Gasteiger charge is 2.42. The number of pyridine rings is 1. The van der Waals surface area contributed by atoms with Crippen molar-refractivity contribution >= 4 is 34.8 Å². The van der Waals surface area contributed by atoms with Crippen molar-refractivity contribution in [3.63, 3.8) is 0 Å². The molecule has 0 spiro atoms. The van der Waals surface area contributed by atoms with Crippen molar-refractivity contribution < 1.29 is 4.74 Å². The predicted molar refractivity (Wildman–Crippen MR) is 90.9 cm³/mol. The first-order valence-corrected chi connectivity index (χ1v) is 8.10. The zero-order valence-electron chi connectivity index (χ0n) is 11.8. The Kier molecular flexibility index (Phi) is 4.51. The number of nitrogens with zero attached hydrogens (tertiary/aromatic N) is 1. The Morgan fingerprint density at radius 3 is 2.59 bits per heavy atom. The van der Waals surface area contributed by atoms with E-state index in [1.165, 1.54) is 0 Å². The van der Waals surface area contributed by atoms with Gasteiger partial charge in [0.15, 0.2) is 0 Å². The number of ether oxygens (including phenoxy) is 1. The molecule has 6 heteroatoms. The van der Waals surface area contributed by atoms with Crippen LogP contribution in [0.25, 0.3) is 11.1 Å². The highest BCUT2D eigenvalue weighted by atomic mass is 35.5. The molecule has 0 radical (unpaired) electrons. The summed E-state index contributed by atoms with van der Waals surface area (Å²) in [4.78, 5) is 4.18. The molecular weight excluding hydrogens is 343 g/mol. The first-order valence-electron chi connectivity index (χ1n) is 6.97. The Balaban J connectivity index is 1.88. The number of nitrogens with two attached hydrogens (primary N) is 1. The molecule has 1 aromatic heterocycles. The molecular formula is C16H15Cl3N2O. The maximum atomic E-state index is 6.23. The molecule has 1 aliphatic rings. The van der Waals surface area contributed by atoms with Crippen molar-refractivity contribution in [1.29, 1.82) is 0 Å². The topological polar surface area (TPSA) is 48.1 Å². The molecule has 3 nitrogen and oxygen atoms in total. The maximum Gasteiger partial charge on any atom is 0.138 e. The van der Waals surface area contributed by atoms with Crippen LogP contribution < -0.4 is 10.5 Å². The molecule has 116 valence electrons. The molecule has 1 aromatic carbocycles. The van der Waals surface area contributed by atoms with Gasteiger partial charge in [-0.05, 0) is 37.1 Å². The van der Waals surface area contributed by atoms with Gasteiger partial charge in [-0.1, -0.05) is 34.8 Å². The largest absolute Gasteiger partial charge is 0.491 e. The smallest absolute Gasteiger partial charge is 0.138 e. The third-order valence-electron chi connectivity index (χ3n) is 3.97. The lowest BCUT2D eigenvalue weighted by Crippen LogP contribution is -2.22. The van der Waals surface area contributed by atoms with Gasteiger partial charge >= 0.3 is 0 Å². The van der Waals surface area contributed by atoms with E-state index in [1.807, 2.05) is 6.07 Å². The average molecular weight is 358 g/mol. The van der Waals surface area contributed by atoms with E-state index < -0.39 is 0 Å². The van der Waals surface area contributed by atoms with Crippen LogP contribution in [0.5, 0.6) is 5.75 Å². The van der Waals surface area contributed by atoms with Crippen LogP contribution in [0.4, 0.5) is 0 Å². The van der Waals surface area contributed by atoms with E-state index in [0.29, 0.717) is 39.7 Å². The zero-order valence-corrected chi connectivity index (χ0v) is 14.0. The number of halogens is 3. The third kappa shape index (κ3) is 3.33. The predicted octanol–water partition coefficient (Wildman–Crippen LogP) is 4.83. The summed E-state index contributed by atoms with van der Waals surface area (Å²) in [6.45, 7) is 1.23. The Hall–Kier alpha value is -1.00. The van der Waals surface area contributed by atoms with Gasteiger partial charge in [0.1, 0.15) is 10.9 Å². The highest BCUT2D eigenvalue weighted by Crippen LogP contribution is 2.45. The molecule has 1 heterocycles. The summed E-state index contributed by atoms with van der Waals surface area (Å²) in [5, 5.41) is 1.50. The minimum Gasteiger partial charge on any atom is -0.491 e. The zero-order chi connectivity index (χ0) is 15.7. The van der Waals surface area contributed by atoms with Crippen molar-refractivity contribution in [2.75, 3.05) is 13.2 Å². The molecule has 0 bridgehead atoms. The molecule has 1 aliphatic carbocycles. The van der Waals surface area contributed by atoms with Gasteiger partial charge in [0.2, 0.25) is 0 Å². The van der Waals surface area contributed by atoms with E-state index in [2.05, 4.69) is 4.98 Å². The van der Waals surface area contributed by atoms with E-state index in [0.717, 1.165) is 18.4 Å². The number of hydrogen-bond donors (Lipinski definition) is 1. The summed E-state index contributed by atoms with van der Waals surface area (Å²) < 4.78 is 5.83. The lowest BCUT2D eigenvalue weighted by atomic mass is 10.1. The fourth-order valence-corrected chi connectivity index (χ4v) is 2.82. The molecule has 2 N–H and O–H groups in total. The minimum atomic E-state index is 0.132. The molecule has 0 amide bonds. The maximum absolute atomic E-state index is 6.23. The van der Waals surface area contributed by atoms with Crippen LogP contribution in [0.3, 0.4) is 0 Å². The lowest BCUT2D eigenvalue weighted by Gasteiger charge is -2.15. The summed E-state index contributed by atoms with van der Waals surface area (Å²) in [7, 11) is 0. The Morgan fingerprint density at radius 1 is 1.14 bits per heavy atom. The van der Waals surface area contributed by atoms with Crippen LogP contribution in [0.1, 0.15) is 12.8 Å². The van der Waals surface area contributed by atoms with Crippen molar-refractivity contribution in [1.82, 2.24) is 4.98 Å². The van der Waals surface area contributed by atoms with Gasteiger partial charge in [0.25, 0.3) is 0 Å². The van der Waals surface area contributed by atoms with E-state index in [1.54, 1.807) is 24.4 Å². The number of hydrogen-bond acceptors (Lipinski definition) is 3. The van der Waals surface area contributed by atoms with Gasteiger partial charge in [0.05, 0.1) is 12.8 Å². The van der Waals surface area contributed by atoms with E-state index in [-0.39, 0.29) is 5.41 Å². The summed E-state index contributed by atoms with van der Waals surface area (Å²) >= 11 is 18.5. The van der Waals surface area contributed by atoms with Gasteiger partial charge in [-0.2, -0.15) is 0 Å². The molecule has 1 fully saturated rings. The lowest BCUT2D eigenvalue weighted by molar-refractivity contribution is 0.238. The molecule has 0 aliphatic heterocycles.